The van der Waals surface area contributed by atoms with Gasteiger partial charge < -0.3 is 10.6 Å². The van der Waals surface area contributed by atoms with Crippen LogP contribution in [0.25, 0.3) is 0 Å². The topological polar surface area (TPSA) is 46.3 Å². The van der Waals surface area contributed by atoms with E-state index in [0.29, 0.717) is 18.5 Å². The number of nitrogens with zero attached hydrogens (tertiary/aromatic N) is 1. The molecule has 1 aliphatic heterocycles. The Balaban J connectivity index is 2.14. The normalized spacial score (nSPS) is 17.3. The summed E-state index contributed by atoms with van der Waals surface area (Å²) in [4.78, 5) is 13.4. The second-order valence-corrected chi connectivity index (χ2v) is 4.63. The molecule has 1 aliphatic rings. The van der Waals surface area contributed by atoms with E-state index in [1.54, 1.807) is 12.1 Å². The van der Waals surface area contributed by atoms with Crippen LogP contribution in [-0.4, -0.2) is 36.6 Å². The van der Waals surface area contributed by atoms with Crippen molar-refractivity contribution in [3.05, 3.63) is 35.4 Å². The molecule has 2 N–H and O–H groups in total. The summed E-state index contributed by atoms with van der Waals surface area (Å²) in [5, 5.41) is 0. The summed E-state index contributed by atoms with van der Waals surface area (Å²) < 4.78 is 38.0. The molecule has 0 saturated heterocycles. The number of hydrogen-bond acceptors (Lipinski definition) is 2. The number of benzene rings is 1. The van der Waals surface area contributed by atoms with Crippen molar-refractivity contribution in [2.24, 2.45) is 11.7 Å². The van der Waals surface area contributed by atoms with Crippen LogP contribution in [-0.2, 0) is 6.42 Å². The van der Waals surface area contributed by atoms with Gasteiger partial charge in [-0.3, -0.25) is 4.79 Å². The van der Waals surface area contributed by atoms with Crippen molar-refractivity contribution in [3.63, 3.8) is 0 Å². The third kappa shape index (κ3) is 2.89. The molecular weight excluding hydrogens is 257 g/mol. The van der Waals surface area contributed by atoms with Crippen molar-refractivity contribution in [3.8, 4) is 0 Å². The predicted molar refractivity (Wildman–Crippen MR) is 64.6 cm³/mol. The lowest BCUT2D eigenvalue weighted by molar-refractivity contribution is -0.174. The summed E-state index contributed by atoms with van der Waals surface area (Å²) in [7, 11) is 0. The first-order valence-electron chi connectivity index (χ1n) is 6.07. The number of nitrogens with two attached hydrogens (primary N) is 1. The van der Waals surface area contributed by atoms with Gasteiger partial charge in [0.1, 0.15) is 0 Å². The van der Waals surface area contributed by atoms with Crippen molar-refractivity contribution in [1.82, 2.24) is 4.90 Å². The third-order valence-corrected chi connectivity index (χ3v) is 3.37. The summed E-state index contributed by atoms with van der Waals surface area (Å²) in [5.74, 6) is -2.01. The minimum Gasteiger partial charge on any atom is -0.338 e. The van der Waals surface area contributed by atoms with Crippen molar-refractivity contribution in [2.75, 3.05) is 19.6 Å². The van der Waals surface area contributed by atoms with Gasteiger partial charge in [0.2, 0.25) is 0 Å². The van der Waals surface area contributed by atoms with Crippen molar-refractivity contribution in [2.45, 2.75) is 12.6 Å². The van der Waals surface area contributed by atoms with Crippen LogP contribution >= 0.6 is 0 Å². The maximum absolute atomic E-state index is 12.7. The van der Waals surface area contributed by atoms with Crippen molar-refractivity contribution < 1.29 is 18.0 Å². The quantitative estimate of drug-likeness (QED) is 0.912. The fourth-order valence-electron chi connectivity index (χ4n) is 2.23. The van der Waals surface area contributed by atoms with Gasteiger partial charge in [-0.05, 0) is 18.1 Å². The number of halogens is 3. The molecular formula is C13H15F3N2O. The van der Waals surface area contributed by atoms with E-state index in [0.717, 1.165) is 5.56 Å². The van der Waals surface area contributed by atoms with Gasteiger partial charge in [-0.2, -0.15) is 13.2 Å². The van der Waals surface area contributed by atoms with E-state index < -0.39 is 18.6 Å². The smallest absolute Gasteiger partial charge is 0.338 e. The van der Waals surface area contributed by atoms with Crippen LogP contribution in [0.4, 0.5) is 13.2 Å². The Morgan fingerprint density at radius 3 is 2.63 bits per heavy atom. The standard InChI is InChI=1S/C13H15F3N2O/c14-13(15,16)10(7-17)8-18-6-5-9-3-1-2-4-11(9)12(18)19/h1-4,10H,5-8,17H2. The summed E-state index contributed by atoms with van der Waals surface area (Å²) in [6.07, 6.45) is -3.79. The maximum atomic E-state index is 12.7. The van der Waals surface area contributed by atoms with E-state index in [1.165, 1.54) is 4.90 Å². The van der Waals surface area contributed by atoms with Gasteiger partial charge in [-0.1, -0.05) is 18.2 Å². The first-order chi connectivity index (χ1) is 8.93. The fourth-order valence-corrected chi connectivity index (χ4v) is 2.23. The van der Waals surface area contributed by atoms with E-state index in [4.69, 9.17) is 5.73 Å². The Labute approximate surface area is 109 Å². The molecule has 0 bridgehead atoms. The van der Waals surface area contributed by atoms with Crippen LogP contribution in [0.1, 0.15) is 15.9 Å². The lowest BCUT2D eigenvalue weighted by atomic mass is 9.98. The second kappa shape index (κ2) is 5.21. The Morgan fingerprint density at radius 2 is 2.00 bits per heavy atom. The molecule has 1 aromatic rings. The van der Waals surface area contributed by atoms with Gasteiger partial charge in [0, 0.05) is 25.2 Å². The highest BCUT2D eigenvalue weighted by atomic mass is 19.4. The van der Waals surface area contributed by atoms with Crippen molar-refractivity contribution in [1.29, 1.82) is 0 Å². The monoisotopic (exact) mass is 272 g/mol. The van der Waals surface area contributed by atoms with E-state index in [-0.39, 0.29) is 12.5 Å². The van der Waals surface area contributed by atoms with E-state index in [9.17, 15) is 18.0 Å². The van der Waals surface area contributed by atoms with Crippen LogP contribution in [0.15, 0.2) is 24.3 Å². The number of hydrogen-bond donors (Lipinski definition) is 1. The molecule has 0 fully saturated rings. The number of rotatable bonds is 3. The Hall–Kier alpha value is -1.56. The van der Waals surface area contributed by atoms with Gasteiger partial charge in [-0.15, -0.1) is 0 Å². The minimum absolute atomic E-state index is 0.308. The number of amides is 1. The molecule has 0 aliphatic carbocycles. The van der Waals surface area contributed by atoms with Gasteiger partial charge in [0.15, 0.2) is 0 Å². The van der Waals surface area contributed by atoms with E-state index >= 15 is 0 Å². The molecule has 6 heteroatoms. The third-order valence-electron chi connectivity index (χ3n) is 3.37. The second-order valence-electron chi connectivity index (χ2n) is 4.63. The Bertz CT molecular complexity index is 473. The molecule has 2 rings (SSSR count). The lowest BCUT2D eigenvalue weighted by Crippen LogP contribution is -2.46. The largest absolute Gasteiger partial charge is 0.394 e. The zero-order valence-electron chi connectivity index (χ0n) is 10.3. The average molecular weight is 272 g/mol. The van der Waals surface area contributed by atoms with Crippen LogP contribution in [0.5, 0.6) is 0 Å². The molecule has 1 heterocycles. The zero-order valence-corrected chi connectivity index (χ0v) is 10.3. The highest BCUT2D eigenvalue weighted by Gasteiger charge is 2.41. The Kier molecular flexibility index (Phi) is 3.80. The molecule has 19 heavy (non-hydrogen) atoms. The molecule has 1 aromatic carbocycles. The van der Waals surface area contributed by atoms with Gasteiger partial charge in [0.05, 0.1) is 5.92 Å². The number of alkyl halides is 3. The molecule has 1 atom stereocenters. The van der Waals surface area contributed by atoms with Gasteiger partial charge in [0.25, 0.3) is 5.91 Å². The molecule has 3 nitrogen and oxygen atoms in total. The van der Waals surface area contributed by atoms with E-state index in [2.05, 4.69) is 0 Å². The number of carbonyl (C=O) groups is 1. The highest BCUT2D eigenvalue weighted by Crippen LogP contribution is 2.28. The molecule has 0 spiro atoms. The molecule has 0 saturated carbocycles. The molecule has 0 aromatic heterocycles. The Morgan fingerprint density at radius 1 is 1.32 bits per heavy atom. The maximum Gasteiger partial charge on any atom is 0.394 e. The summed E-state index contributed by atoms with van der Waals surface area (Å²) in [5.41, 5.74) is 6.54. The van der Waals surface area contributed by atoms with Gasteiger partial charge in [-0.25, -0.2) is 0 Å². The molecule has 104 valence electrons. The predicted octanol–water partition coefficient (Wildman–Crippen LogP) is 1.82. The van der Waals surface area contributed by atoms with Gasteiger partial charge >= 0.3 is 6.18 Å². The van der Waals surface area contributed by atoms with Crippen LogP contribution < -0.4 is 5.73 Å². The highest BCUT2D eigenvalue weighted by molar-refractivity contribution is 5.96. The van der Waals surface area contributed by atoms with Crippen LogP contribution in [0.2, 0.25) is 0 Å². The summed E-state index contributed by atoms with van der Waals surface area (Å²) in [6, 6.07) is 7.01. The number of carbonyl (C=O) groups excluding carboxylic acids is 1. The molecule has 1 amide bonds. The first kappa shape index (κ1) is 13.9. The minimum atomic E-state index is -4.37. The fraction of sp³-hybridized carbons (Fsp3) is 0.462. The van der Waals surface area contributed by atoms with Crippen LogP contribution in [0.3, 0.4) is 0 Å². The van der Waals surface area contributed by atoms with Crippen molar-refractivity contribution >= 4 is 5.91 Å². The number of fused-ring (bicyclic) bond motifs is 1. The average Bonchev–Trinajstić information content (AvgIpc) is 2.37. The van der Waals surface area contributed by atoms with Crippen LogP contribution in [0, 0.1) is 5.92 Å². The summed E-state index contributed by atoms with van der Waals surface area (Å²) >= 11 is 0. The van der Waals surface area contributed by atoms with E-state index in [1.807, 2.05) is 12.1 Å². The SMILES string of the molecule is NCC(CN1CCc2ccccc2C1=O)C(F)(F)F. The molecule has 0 radical (unpaired) electrons. The first-order valence-corrected chi connectivity index (χ1v) is 6.07. The lowest BCUT2D eigenvalue weighted by Gasteiger charge is -2.32. The molecule has 1 unspecified atom stereocenters. The zero-order chi connectivity index (χ0) is 14.0. The summed E-state index contributed by atoms with van der Waals surface area (Å²) in [6.45, 7) is -0.565.